The lowest BCUT2D eigenvalue weighted by atomic mass is 10.1. The largest absolute Gasteiger partial charge is 0.329 e. The predicted octanol–water partition coefficient (Wildman–Crippen LogP) is 1.22. The molecule has 0 aliphatic carbocycles. The molecule has 5 N–H and O–H groups in total. The molecule has 0 rings (SSSR count). The predicted molar refractivity (Wildman–Crippen MR) is 63.3 cm³/mol. The summed E-state index contributed by atoms with van der Waals surface area (Å²) >= 11 is 0. The van der Waals surface area contributed by atoms with Crippen LogP contribution < -0.4 is 16.8 Å². The number of unbranched alkanes of at least 4 members (excludes halogenated alkanes) is 4. The minimum atomic E-state index is 0.169. The monoisotopic (exact) mass is 201 g/mol. The summed E-state index contributed by atoms with van der Waals surface area (Å²) in [5, 5.41) is 3.39. The maximum Gasteiger partial charge on any atom is 0.0175 e. The molecule has 0 spiro atoms. The highest BCUT2D eigenvalue weighted by atomic mass is 14.9. The van der Waals surface area contributed by atoms with Crippen molar-refractivity contribution in [1.29, 1.82) is 0 Å². The van der Waals surface area contributed by atoms with Crippen molar-refractivity contribution in [2.24, 2.45) is 11.5 Å². The van der Waals surface area contributed by atoms with Crippen LogP contribution in [0.15, 0.2) is 0 Å². The molecule has 0 heterocycles. The van der Waals surface area contributed by atoms with Gasteiger partial charge in [0.2, 0.25) is 0 Å². The maximum absolute atomic E-state index is 5.69. The van der Waals surface area contributed by atoms with Gasteiger partial charge in [-0.3, -0.25) is 0 Å². The minimum Gasteiger partial charge on any atom is -0.329 e. The second-order valence-electron chi connectivity index (χ2n) is 3.95. The number of nitrogens with two attached hydrogens (primary N) is 2. The van der Waals surface area contributed by atoms with E-state index in [1.807, 2.05) is 0 Å². The fraction of sp³-hybridized carbons (Fsp3) is 1.00. The first-order chi connectivity index (χ1) is 6.81. The molecule has 0 saturated heterocycles. The highest BCUT2D eigenvalue weighted by molar-refractivity contribution is 4.62. The molecule has 0 amide bonds. The lowest BCUT2D eigenvalue weighted by Gasteiger charge is -2.09. The molecule has 1 atom stereocenters. The molecule has 0 bridgehead atoms. The van der Waals surface area contributed by atoms with Gasteiger partial charge in [-0.2, -0.15) is 0 Å². The van der Waals surface area contributed by atoms with Crippen molar-refractivity contribution in [3.8, 4) is 0 Å². The number of nitrogens with one attached hydrogen (secondary N) is 1. The van der Waals surface area contributed by atoms with Crippen molar-refractivity contribution in [3.63, 3.8) is 0 Å². The Morgan fingerprint density at radius 2 is 1.79 bits per heavy atom. The molecule has 14 heavy (non-hydrogen) atoms. The van der Waals surface area contributed by atoms with Crippen molar-refractivity contribution in [2.45, 2.75) is 51.5 Å². The van der Waals surface area contributed by atoms with E-state index in [4.69, 9.17) is 11.5 Å². The first kappa shape index (κ1) is 13.9. The van der Waals surface area contributed by atoms with Gasteiger partial charge < -0.3 is 16.8 Å². The summed E-state index contributed by atoms with van der Waals surface area (Å²) in [6, 6.07) is 0.169. The summed E-state index contributed by atoms with van der Waals surface area (Å²) in [5.41, 5.74) is 11.1. The van der Waals surface area contributed by atoms with E-state index in [2.05, 4.69) is 12.2 Å². The Morgan fingerprint density at radius 1 is 1.07 bits per heavy atom. The van der Waals surface area contributed by atoms with E-state index < -0.39 is 0 Å². The Morgan fingerprint density at radius 3 is 2.43 bits per heavy atom. The first-order valence-electron chi connectivity index (χ1n) is 5.97. The van der Waals surface area contributed by atoms with Gasteiger partial charge in [-0.1, -0.05) is 32.6 Å². The molecule has 86 valence electrons. The Balaban J connectivity index is 2.92. The van der Waals surface area contributed by atoms with E-state index >= 15 is 0 Å². The van der Waals surface area contributed by atoms with Crippen LogP contribution in [-0.4, -0.2) is 25.7 Å². The minimum absolute atomic E-state index is 0.169. The smallest absolute Gasteiger partial charge is 0.0175 e. The van der Waals surface area contributed by atoms with Crippen LogP contribution in [0.1, 0.15) is 45.4 Å². The molecule has 0 aromatic rings. The van der Waals surface area contributed by atoms with E-state index in [1.54, 1.807) is 0 Å². The molecule has 1 unspecified atom stereocenters. The summed E-state index contributed by atoms with van der Waals surface area (Å²) in [7, 11) is 0. The highest BCUT2D eigenvalue weighted by Crippen LogP contribution is 2.00. The quantitative estimate of drug-likeness (QED) is 0.466. The third-order valence-corrected chi connectivity index (χ3v) is 2.45. The van der Waals surface area contributed by atoms with Gasteiger partial charge in [-0.05, 0) is 25.9 Å². The van der Waals surface area contributed by atoms with Crippen LogP contribution in [0, 0.1) is 0 Å². The van der Waals surface area contributed by atoms with Crippen molar-refractivity contribution in [3.05, 3.63) is 0 Å². The Kier molecular flexibility index (Phi) is 10.9. The normalized spacial score (nSPS) is 13.1. The van der Waals surface area contributed by atoms with Gasteiger partial charge in [0.25, 0.3) is 0 Å². The van der Waals surface area contributed by atoms with Crippen LogP contribution in [0.25, 0.3) is 0 Å². The van der Waals surface area contributed by atoms with Crippen LogP contribution in [-0.2, 0) is 0 Å². The SMILES string of the molecule is CCCCCCCNCCC(N)CN. The molecule has 0 aliphatic rings. The maximum atomic E-state index is 5.69. The van der Waals surface area contributed by atoms with Gasteiger partial charge in [0.05, 0.1) is 0 Å². The van der Waals surface area contributed by atoms with Crippen LogP contribution in [0.4, 0.5) is 0 Å². The van der Waals surface area contributed by atoms with Crippen LogP contribution in [0.5, 0.6) is 0 Å². The third kappa shape index (κ3) is 9.96. The average Bonchev–Trinajstić information content (AvgIpc) is 2.21. The van der Waals surface area contributed by atoms with Crippen molar-refractivity contribution in [2.75, 3.05) is 19.6 Å². The Hall–Kier alpha value is -0.120. The van der Waals surface area contributed by atoms with Crippen LogP contribution >= 0.6 is 0 Å². The summed E-state index contributed by atoms with van der Waals surface area (Å²) in [5.74, 6) is 0. The molecule has 3 nitrogen and oxygen atoms in total. The third-order valence-electron chi connectivity index (χ3n) is 2.45. The summed E-state index contributed by atoms with van der Waals surface area (Å²) in [6.07, 6.45) is 7.70. The number of hydrogen-bond donors (Lipinski definition) is 3. The lowest BCUT2D eigenvalue weighted by molar-refractivity contribution is 0.540. The van der Waals surface area contributed by atoms with Gasteiger partial charge in [0.1, 0.15) is 0 Å². The zero-order valence-electron chi connectivity index (χ0n) is 9.60. The molecular formula is C11H27N3. The lowest BCUT2D eigenvalue weighted by Crippen LogP contribution is -2.33. The molecule has 0 aromatic heterocycles. The van der Waals surface area contributed by atoms with E-state index in [0.717, 1.165) is 19.5 Å². The summed E-state index contributed by atoms with van der Waals surface area (Å²) in [6.45, 7) is 4.97. The summed E-state index contributed by atoms with van der Waals surface area (Å²) in [4.78, 5) is 0. The molecule has 0 fully saturated rings. The molecule has 0 aromatic carbocycles. The fourth-order valence-corrected chi connectivity index (χ4v) is 1.38. The average molecular weight is 201 g/mol. The topological polar surface area (TPSA) is 64.1 Å². The molecule has 0 radical (unpaired) electrons. The van der Waals surface area contributed by atoms with Gasteiger partial charge >= 0.3 is 0 Å². The van der Waals surface area contributed by atoms with Crippen molar-refractivity contribution >= 4 is 0 Å². The van der Waals surface area contributed by atoms with E-state index in [0.29, 0.717) is 6.54 Å². The van der Waals surface area contributed by atoms with Gasteiger partial charge in [-0.15, -0.1) is 0 Å². The first-order valence-corrected chi connectivity index (χ1v) is 5.97. The fourth-order valence-electron chi connectivity index (χ4n) is 1.38. The Bertz CT molecular complexity index is 107. The van der Waals surface area contributed by atoms with Gasteiger partial charge in [0, 0.05) is 12.6 Å². The summed E-state index contributed by atoms with van der Waals surface area (Å²) < 4.78 is 0. The van der Waals surface area contributed by atoms with Gasteiger partial charge in [0.15, 0.2) is 0 Å². The molecule has 3 heteroatoms. The second kappa shape index (κ2) is 11.0. The van der Waals surface area contributed by atoms with Crippen molar-refractivity contribution < 1.29 is 0 Å². The zero-order valence-corrected chi connectivity index (χ0v) is 9.60. The highest BCUT2D eigenvalue weighted by Gasteiger charge is 1.97. The molecular weight excluding hydrogens is 174 g/mol. The van der Waals surface area contributed by atoms with Gasteiger partial charge in [-0.25, -0.2) is 0 Å². The molecule has 0 saturated carbocycles. The van der Waals surface area contributed by atoms with E-state index in [9.17, 15) is 0 Å². The standard InChI is InChI=1S/C11H27N3/c1-2-3-4-5-6-8-14-9-7-11(13)10-12/h11,14H,2-10,12-13H2,1H3. The van der Waals surface area contributed by atoms with E-state index in [-0.39, 0.29) is 6.04 Å². The number of hydrogen-bond acceptors (Lipinski definition) is 3. The molecule has 0 aliphatic heterocycles. The second-order valence-corrected chi connectivity index (χ2v) is 3.95. The van der Waals surface area contributed by atoms with Crippen molar-refractivity contribution in [1.82, 2.24) is 5.32 Å². The Labute approximate surface area is 88.6 Å². The van der Waals surface area contributed by atoms with Crippen LogP contribution in [0.3, 0.4) is 0 Å². The number of rotatable bonds is 10. The van der Waals surface area contributed by atoms with Crippen LogP contribution in [0.2, 0.25) is 0 Å². The van der Waals surface area contributed by atoms with E-state index in [1.165, 1.54) is 32.1 Å². The zero-order chi connectivity index (χ0) is 10.6.